The number of anilines is 2. The van der Waals surface area contributed by atoms with Crippen LogP contribution in [0.15, 0.2) is 24.5 Å². The van der Waals surface area contributed by atoms with E-state index in [1.165, 1.54) is 32.2 Å². The number of nitrogens with one attached hydrogen (secondary N) is 2. The lowest BCUT2D eigenvalue weighted by Gasteiger charge is -2.18. The third kappa shape index (κ3) is 4.96. The number of aryl methyl sites for hydroxylation is 1. The molecule has 1 aliphatic heterocycles. The molecule has 1 aromatic carbocycles. The van der Waals surface area contributed by atoms with Crippen LogP contribution >= 0.6 is 11.6 Å². The molecule has 0 radical (unpaired) electrons. The molecule has 1 aliphatic carbocycles. The second kappa shape index (κ2) is 10.2. The fourth-order valence-electron chi connectivity index (χ4n) is 5.22. The van der Waals surface area contributed by atoms with E-state index < -0.39 is 0 Å². The van der Waals surface area contributed by atoms with Crippen LogP contribution in [-0.4, -0.2) is 50.6 Å². The highest BCUT2D eigenvalue weighted by molar-refractivity contribution is 6.35. The lowest BCUT2D eigenvalue weighted by Crippen LogP contribution is -2.26. The van der Waals surface area contributed by atoms with Gasteiger partial charge in [-0.15, -0.1) is 5.10 Å². The number of halogens is 1. The summed E-state index contributed by atoms with van der Waals surface area (Å²) < 4.78 is 1.93. The van der Waals surface area contributed by atoms with E-state index in [1.54, 1.807) is 6.20 Å². The minimum absolute atomic E-state index is 0.382. The molecular formula is C25H31ClN8. The molecule has 2 N–H and O–H groups in total. The second-order valence-electron chi connectivity index (χ2n) is 9.53. The maximum absolute atomic E-state index is 9.67. The van der Waals surface area contributed by atoms with E-state index in [4.69, 9.17) is 11.6 Å². The molecule has 8 nitrogen and oxygen atoms in total. The summed E-state index contributed by atoms with van der Waals surface area (Å²) in [6.07, 6.45) is 11.9. The molecule has 1 saturated carbocycles. The minimum atomic E-state index is 0.382. The highest BCUT2D eigenvalue weighted by Crippen LogP contribution is 2.35. The number of nitrogens with zero attached hydrogens (tertiary/aromatic N) is 6. The van der Waals surface area contributed by atoms with Gasteiger partial charge in [0.25, 0.3) is 0 Å². The Kier molecular flexibility index (Phi) is 6.84. The van der Waals surface area contributed by atoms with Crippen molar-refractivity contribution in [1.29, 1.82) is 5.26 Å². The Bertz CT molecular complexity index is 1190. The minimum Gasteiger partial charge on any atom is -0.381 e. The van der Waals surface area contributed by atoms with Gasteiger partial charge in [-0.05, 0) is 57.8 Å². The Morgan fingerprint density at radius 2 is 2.06 bits per heavy atom. The summed E-state index contributed by atoms with van der Waals surface area (Å²) in [5.41, 5.74) is 3.82. The highest BCUT2D eigenvalue weighted by Gasteiger charge is 2.21. The number of fused-ring (bicyclic) bond motifs is 1. The topological polar surface area (TPSA) is 94.7 Å². The summed E-state index contributed by atoms with van der Waals surface area (Å²) >= 11 is 6.60. The molecule has 3 heterocycles. The Morgan fingerprint density at radius 3 is 2.82 bits per heavy atom. The van der Waals surface area contributed by atoms with Gasteiger partial charge in [0, 0.05) is 35.9 Å². The van der Waals surface area contributed by atoms with Gasteiger partial charge >= 0.3 is 0 Å². The molecule has 1 unspecified atom stereocenters. The van der Waals surface area contributed by atoms with E-state index in [0.29, 0.717) is 34.7 Å². The average molecular weight is 479 g/mol. The van der Waals surface area contributed by atoms with Crippen LogP contribution in [0.4, 0.5) is 11.4 Å². The Morgan fingerprint density at radius 1 is 1.21 bits per heavy atom. The number of pyridine rings is 1. The SMILES string of the molecule is CN1CCCC1CCn1cc(CNc2cc(Cl)c3ncc(C#N)c(NC4CCCC4)c3c2)nn1. The van der Waals surface area contributed by atoms with E-state index in [2.05, 4.69) is 43.9 Å². The maximum atomic E-state index is 9.67. The number of hydrogen-bond acceptors (Lipinski definition) is 7. The predicted octanol–water partition coefficient (Wildman–Crippen LogP) is 4.80. The van der Waals surface area contributed by atoms with Gasteiger partial charge in [-0.1, -0.05) is 29.7 Å². The molecular weight excluding hydrogens is 448 g/mol. The smallest absolute Gasteiger partial charge is 0.103 e. The molecule has 1 atom stereocenters. The van der Waals surface area contributed by atoms with Gasteiger partial charge in [0.05, 0.1) is 34.5 Å². The van der Waals surface area contributed by atoms with Gasteiger partial charge in [-0.3, -0.25) is 9.67 Å². The summed E-state index contributed by atoms with van der Waals surface area (Å²) in [6.45, 7) is 2.61. The number of likely N-dealkylation sites (tertiary alicyclic amines) is 1. The van der Waals surface area contributed by atoms with Crippen LogP contribution in [0.2, 0.25) is 5.02 Å². The van der Waals surface area contributed by atoms with Crippen molar-refractivity contribution in [1.82, 2.24) is 24.9 Å². The summed E-state index contributed by atoms with van der Waals surface area (Å²) in [6, 6.07) is 7.21. The van der Waals surface area contributed by atoms with E-state index in [0.717, 1.165) is 48.3 Å². The third-order valence-electron chi connectivity index (χ3n) is 7.17. The normalized spacial score (nSPS) is 19.0. The molecule has 9 heteroatoms. The van der Waals surface area contributed by atoms with E-state index in [1.807, 2.05) is 23.0 Å². The summed E-state index contributed by atoms with van der Waals surface area (Å²) in [4.78, 5) is 6.89. The monoisotopic (exact) mass is 478 g/mol. The number of benzene rings is 1. The van der Waals surface area contributed by atoms with Gasteiger partial charge in [-0.2, -0.15) is 5.26 Å². The first-order valence-corrected chi connectivity index (χ1v) is 12.6. The van der Waals surface area contributed by atoms with Crippen molar-refractivity contribution in [2.45, 2.75) is 70.1 Å². The molecule has 5 rings (SSSR count). The van der Waals surface area contributed by atoms with Crippen molar-refractivity contribution in [3.05, 3.63) is 40.8 Å². The van der Waals surface area contributed by atoms with Crippen LogP contribution in [-0.2, 0) is 13.1 Å². The van der Waals surface area contributed by atoms with Gasteiger partial charge in [0.2, 0.25) is 0 Å². The zero-order chi connectivity index (χ0) is 23.5. The largest absolute Gasteiger partial charge is 0.381 e. The molecule has 2 aliphatic rings. The number of hydrogen-bond donors (Lipinski definition) is 2. The van der Waals surface area contributed by atoms with Crippen molar-refractivity contribution in [3.8, 4) is 6.07 Å². The molecule has 0 spiro atoms. The van der Waals surface area contributed by atoms with Crippen LogP contribution in [0, 0.1) is 11.3 Å². The Hall–Kier alpha value is -2.89. The summed E-state index contributed by atoms with van der Waals surface area (Å²) in [5, 5.41) is 26.8. The van der Waals surface area contributed by atoms with Gasteiger partial charge in [-0.25, -0.2) is 0 Å². The molecule has 0 amide bonds. The zero-order valence-corrected chi connectivity index (χ0v) is 20.4. The quantitative estimate of drug-likeness (QED) is 0.480. The van der Waals surface area contributed by atoms with Crippen LogP contribution < -0.4 is 10.6 Å². The van der Waals surface area contributed by atoms with Crippen molar-refractivity contribution < 1.29 is 0 Å². The fraction of sp³-hybridized carbons (Fsp3) is 0.520. The van der Waals surface area contributed by atoms with Crippen molar-refractivity contribution in [2.75, 3.05) is 24.2 Å². The first-order chi connectivity index (χ1) is 16.6. The lowest BCUT2D eigenvalue weighted by atomic mass is 10.1. The van der Waals surface area contributed by atoms with Crippen molar-refractivity contribution >= 4 is 33.9 Å². The lowest BCUT2D eigenvalue weighted by molar-refractivity contribution is 0.282. The molecule has 2 aromatic heterocycles. The molecule has 1 saturated heterocycles. The van der Waals surface area contributed by atoms with Gasteiger partial charge in [0.15, 0.2) is 0 Å². The highest BCUT2D eigenvalue weighted by atomic mass is 35.5. The van der Waals surface area contributed by atoms with Crippen LogP contribution in [0.5, 0.6) is 0 Å². The fourth-order valence-corrected chi connectivity index (χ4v) is 5.49. The summed E-state index contributed by atoms with van der Waals surface area (Å²) in [5.74, 6) is 0. The number of nitriles is 1. The van der Waals surface area contributed by atoms with Crippen LogP contribution in [0.1, 0.15) is 56.2 Å². The molecule has 0 bridgehead atoms. The van der Waals surface area contributed by atoms with Crippen molar-refractivity contribution in [2.24, 2.45) is 0 Å². The van der Waals surface area contributed by atoms with Crippen molar-refractivity contribution in [3.63, 3.8) is 0 Å². The standard InChI is InChI=1S/C25H31ClN8/c1-33-9-4-7-21(33)8-10-34-16-20(31-32-34)15-28-19-11-22-24(30-18-5-2-3-6-18)17(13-27)14-29-25(22)23(26)12-19/h11-12,14,16,18,21,28H,2-10,15H2,1H3,(H,29,30). The molecule has 2 fully saturated rings. The number of aromatic nitrogens is 4. The molecule has 178 valence electrons. The van der Waals surface area contributed by atoms with Crippen LogP contribution in [0.3, 0.4) is 0 Å². The Balaban J connectivity index is 1.30. The van der Waals surface area contributed by atoms with E-state index in [-0.39, 0.29) is 0 Å². The third-order valence-corrected chi connectivity index (χ3v) is 7.46. The van der Waals surface area contributed by atoms with E-state index >= 15 is 0 Å². The zero-order valence-electron chi connectivity index (χ0n) is 19.6. The van der Waals surface area contributed by atoms with Gasteiger partial charge < -0.3 is 15.5 Å². The van der Waals surface area contributed by atoms with Crippen LogP contribution in [0.25, 0.3) is 10.9 Å². The molecule has 3 aromatic rings. The molecule has 34 heavy (non-hydrogen) atoms. The first kappa shape index (κ1) is 22.9. The average Bonchev–Trinajstić information content (AvgIpc) is 3.60. The second-order valence-corrected chi connectivity index (χ2v) is 9.94. The maximum Gasteiger partial charge on any atom is 0.103 e. The Labute approximate surface area is 205 Å². The number of rotatable bonds is 8. The summed E-state index contributed by atoms with van der Waals surface area (Å²) in [7, 11) is 2.20. The van der Waals surface area contributed by atoms with Gasteiger partial charge in [0.1, 0.15) is 11.8 Å². The first-order valence-electron chi connectivity index (χ1n) is 12.2. The van der Waals surface area contributed by atoms with E-state index in [9.17, 15) is 5.26 Å². The predicted molar refractivity (Wildman–Crippen MR) is 135 cm³/mol.